The predicted octanol–water partition coefficient (Wildman–Crippen LogP) is 0.620. The molecule has 20 heavy (non-hydrogen) atoms. The first-order valence-corrected chi connectivity index (χ1v) is 9.30. The molecule has 0 bridgehead atoms. The Morgan fingerprint density at radius 1 is 1.30 bits per heavy atom. The highest BCUT2D eigenvalue weighted by Gasteiger charge is 2.31. The molecule has 1 aromatic heterocycles. The van der Waals surface area contributed by atoms with Gasteiger partial charge in [0.15, 0.2) is 0 Å². The number of aryl methyl sites for hydroxylation is 1. The maximum atomic E-state index is 12.8. The minimum atomic E-state index is -3.49. The van der Waals surface area contributed by atoms with Crippen LogP contribution in [0.25, 0.3) is 0 Å². The third kappa shape index (κ3) is 3.03. The predicted molar refractivity (Wildman–Crippen MR) is 79.5 cm³/mol. The second kappa shape index (κ2) is 6.46. The van der Waals surface area contributed by atoms with E-state index < -0.39 is 10.0 Å². The van der Waals surface area contributed by atoms with Gasteiger partial charge < -0.3 is 5.11 Å². The maximum Gasteiger partial charge on any atom is 0.246 e. The molecular formula is C12H21N3O3S2. The van der Waals surface area contributed by atoms with Crippen LogP contribution in [0.4, 0.5) is 0 Å². The van der Waals surface area contributed by atoms with Crippen LogP contribution in [0.5, 0.6) is 0 Å². The summed E-state index contributed by atoms with van der Waals surface area (Å²) < 4.78 is 28.7. The topological polar surface area (TPSA) is 75.4 Å². The summed E-state index contributed by atoms with van der Waals surface area (Å²) >= 11 is 1.79. The highest BCUT2D eigenvalue weighted by Crippen LogP contribution is 2.25. The Morgan fingerprint density at radius 2 is 2.05 bits per heavy atom. The molecule has 2 rings (SSSR count). The molecule has 6 nitrogen and oxygen atoms in total. The lowest BCUT2D eigenvalue weighted by Gasteiger charge is -2.19. The molecule has 0 unspecified atom stereocenters. The largest absolute Gasteiger partial charge is 0.394 e. The van der Waals surface area contributed by atoms with Gasteiger partial charge >= 0.3 is 0 Å². The minimum Gasteiger partial charge on any atom is -0.394 e. The lowest BCUT2D eigenvalue weighted by molar-refractivity contribution is 0.267. The zero-order chi connectivity index (χ0) is 14.8. The van der Waals surface area contributed by atoms with Crippen LogP contribution >= 0.6 is 11.8 Å². The van der Waals surface area contributed by atoms with Crippen molar-refractivity contribution in [2.45, 2.75) is 31.7 Å². The Balaban J connectivity index is 2.38. The summed E-state index contributed by atoms with van der Waals surface area (Å²) in [5, 5.41) is 13.2. The third-order valence-corrected chi connectivity index (χ3v) is 6.61. The first-order valence-electron chi connectivity index (χ1n) is 6.71. The fourth-order valence-corrected chi connectivity index (χ4v) is 5.31. The number of sulfonamides is 1. The molecule has 1 aliphatic heterocycles. The van der Waals surface area contributed by atoms with Gasteiger partial charge in [-0.25, -0.2) is 8.42 Å². The van der Waals surface area contributed by atoms with Gasteiger partial charge in [-0.05, 0) is 26.0 Å². The van der Waals surface area contributed by atoms with E-state index in [0.29, 0.717) is 35.9 Å². The number of hydrogen-bond acceptors (Lipinski definition) is 5. The molecule has 1 fully saturated rings. The van der Waals surface area contributed by atoms with Gasteiger partial charge in [-0.3, -0.25) is 4.68 Å². The fraction of sp³-hybridized carbons (Fsp3) is 0.750. The molecule has 0 saturated carbocycles. The Labute approximate surface area is 124 Å². The smallest absolute Gasteiger partial charge is 0.246 e. The molecule has 1 aromatic rings. The van der Waals surface area contributed by atoms with E-state index in [1.54, 1.807) is 34.6 Å². The number of thioether (sulfide) groups is 1. The van der Waals surface area contributed by atoms with E-state index in [1.807, 2.05) is 0 Å². The van der Waals surface area contributed by atoms with Crippen LogP contribution in [0.1, 0.15) is 17.8 Å². The van der Waals surface area contributed by atoms with Crippen molar-refractivity contribution in [3.8, 4) is 0 Å². The van der Waals surface area contributed by atoms with Crippen LogP contribution in [0.3, 0.4) is 0 Å². The number of nitrogens with zero attached hydrogens (tertiary/aromatic N) is 3. The van der Waals surface area contributed by atoms with Gasteiger partial charge in [0.25, 0.3) is 0 Å². The molecule has 0 amide bonds. The van der Waals surface area contributed by atoms with E-state index in [2.05, 4.69) is 5.10 Å². The van der Waals surface area contributed by atoms with E-state index in [4.69, 9.17) is 5.11 Å². The van der Waals surface area contributed by atoms with E-state index >= 15 is 0 Å². The normalized spacial score (nSPS) is 18.1. The third-order valence-electron chi connectivity index (χ3n) is 3.41. The van der Waals surface area contributed by atoms with E-state index in [-0.39, 0.29) is 6.61 Å². The van der Waals surface area contributed by atoms with Crippen LogP contribution in [0.2, 0.25) is 0 Å². The molecule has 1 aliphatic rings. The van der Waals surface area contributed by atoms with Crippen molar-refractivity contribution in [1.29, 1.82) is 0 Å². The number of rotatable bonds is 4. The molecule has 0 radical (unpaired) electrons. The highest BCUT2D eigenvalue weighted by atomic mass is 32.2. The zero-order valence-electron chi connectivity index (χ0n) is 11.9. The van der Waals surface area contributed by atoms with Crippen LogP contribution in [0.15, 0.2) is 4.90 Å². The van der Waals surface area contributed by atoms with E-state index in [0.717, 1.165) is 17.9 Å². The summed E-state index contributed by atoms with van der Waals surface area (Å²) in [6, 6.07) is 0. The van der Waals surface area contributed by atoms with Crippen molar-refractivity contribution in [2.75, 3.05) is 31.2 Å². The summed E-state index contributed by atoms with van der Waals surface area (Å²) in [4.78, 5) is 0.304. The van der Waals surface area contributed by atoms with Gasteiger partial charge in [-0.2, -0.15) is 21.2 Å². The van der Waals surface area contributed by atoms with E-state index in [9.17, 15) is 8.42 Å². The standard InChI is InChI=1S/C12H21N3O3S2/c1-10-12(11(2)15(13-10)5-7-16)20(17,18)14-4-3-8-19-9-6-14/h16H,3-9H2,1-2H3. The van der Waals surface area contributed by atoms with Crippen molar-refractivity contribution >= 4 is 21.8 Å². The van der Waals surface area contributed by atoms with Crippen molar-refractivity contribution in [3.63, 3.8) is 0 Å². The van der Waals surface area contributed by atoms with E-state index in [1.165, 1.54) is 0 Å². The van der Waals surface area contributed by atoms with Crippen LogP contribution < -0.4 is 0 Å². The maximum absolute atomic E-state index is 12.8. The molecule has 0 aromatic carbocycles. The molecular weight excluding hydrogens is 298 g/mol. The first kappa shape index (κ1) is 15.8. The van der Waals surface area contributed by atoms with Gasteiger partial charge in [-0.1, -0.05) is 0 Å². The van der Waals surface area contributed by atoms with Gasteiger partial charge in [0, 0.05) is 18.8 Å². The van der Waals surface area contributed by atoms with Crippen molar-refractivity contribution in [1.82, 2.24) is 14.1 Å². The Hall–Kier alpha value is -0.570. The van der Waals surface area contributed by atoms with Crippen LogP contribution in [-0.4, -0.2) is 58.8 Å². The lowest BCUT2D eigenvalue weighted by atomic mass is 10.4. The molecule has 8 heteroatoms. The van der Waals surface area contributed by atoms with Crippen molar-refractivity contribution in [2.24, 2.45) is 0 Å². The molecule has 0 atom stereocenters. The van der Waals surface area contributed by atoms with Crippen molar-refractivity contribution in [3.05, 3.63) is 11.4 Å². The van der Waals surface area contributed by atoms with Crippen LogP contribution in [0, 0.1) is 13.8 Å². The van der Waals surface area contributed by atoms with Gasteiger partial charge in [0.2, 0.25) is 10.0 Å². The quantitative estimate of drug-likeness (QED) is 0.880. The Kier molecular flexibility index (Phi) is 5.11. The number of hydrogen-bond donors (Lipinski definition) is 1. The molecule has 2 heterocycles. The Bertz CT molecular complexity index is 561. The average Bonchev–Trinajstić information content (AvgIpc) is 2.61. The second-order valence-electron chi connectivity index (χ2n) is 4.82. The highest BCUT2D eigenvalue weighted by molar-refractivity contribution is 7.99. The van der Waals surface area contributed by atoms with Gasteiger partial charge in [0.05, 0.1) is 24.5 Å². The number of aliphatic hydroxyl groups is 1. The number of aromatic nitrogens is 2. The van der Waals surface area contributed by atoms with Gasteiger partial charge in [0.1, 0.15) is 4.90 Å². The first-order chi connectivity index (χ1) is 9.48. The summed E-state index contributed by atoms with van der Waals surface area (Å²) in [5.74, 6) is 1.84. The molecule has 0 spiro atoms. The average molecular weight is 319 g/mol. The number of aliphatic hydroxyl groups excluding tert-OH is 1. The lowest BCUT2D eigenvalue weighted by Crippen LogP contribution is -2.33. The fourth-order valence-electron chi connectivity index (χ4n) is 2.46. The Morgan fingerprint density at radius 3 is 2.75 bits per heavy atom. The summed E-state index contributed by atoms with van der Waals surface area (Å²) in [7, 11) is -3.49. The summed E-state index contributed by atoms with van der Waals surface area (Å²) in [5.41, 5.74) is 1.11. The molecule has 0 aliphatic carbocycles. The minimum absolute atomic E-state index is 0.0538. The van der Waals surface area contributed by atoms with Crippen LogP contribution in [-0.2, 0) is 16.6 Å². The monoisotopic (exact) mass is 319 g/mol. The van der Waals surface area contributed by atoms with Crippen molar-refractivity contribution < 1.29 is 13.5 Å². The SMILES string of the molecule is Cc1nn(CCO)c(C)c1S(=O)(=O)N1CCCSCC1. The summed E-state index contributed by atoms with van der Waals surface area (Å²) in [6.07, 6.45) is 0.882. The second-order valence-corrected chi connectivity index (χ2v) is 7.92. The summed E-state index contributed by atoms with van der Waals surface area (Å²) in [6.45, 7) is 4.84. The molecule has 114 valence electrons. The zero-order valence-corrected chi connectivity index (χ0v) is 13.5. The molecule has 1 N–H and O–H groups in total. The van der Waals surface area contributed by atoms with Gasteiger partial charge in [-0.15, -0.1) is 0 Å². The molecule has 1 saturated heterocycles.